The number of fused-ring (bicyclic) bond motifs is 1. The van der Waals surface area contributed by atoms with E-state index in [1.165, 1.54) is 11.8 Å². The molecule has 5 nitrogen and oxygen atoms in total. The maximum absolute atomic E-state index is 13.4. The fraction of sp³-hybridized carbons (Fsp3) is 0.556. The lowest BCUT2D eigenvalue weighted by molar-refractivity contribution is -0.176. The number of Topliss-reactive ketones (excluding diaryl/α,β-unsaturated/α-hetero) is 1. The van der Waals surface area contributed by atoms with Gasteiger partial charge in [-0.3, -0.25) is 9.59 Å². The molecule has 2 heterocycles. The van der Waals surface area contributed by atoms with Crippen molar-refractivity contribution in [3.8, 4) is 0 Å². The second-order valence-electron chi connectivity index (χ2n) is 10.8. The summed E-state index contributed by atoms with van der Waals surface area (Å²) in [4.78, 5) is 27.5. The van der Waals surface area contributed by atoms with E-state index in [1.807, 2.05) is 19.9 Å². The summed E-state index contributed by atoms with van der Waals surface area (Å²) in [6.45, 7) is 10.3. The number of esters is 1. The summed E-state index contributed by atoms with van der Waals surface area (Å²) in [6, 6.07) is 6.04. The zero-order valence-corrected chi connectivity index (χ0v) is 21.0. The van der Waals surface area contributed by atoms with Gasteiger partial charge in [-0.15, -0.1) is 11.8 Å². The summed E-state index contributed by atoms with van der Waals surface area (Å²) in [5, 5.41) is 9.49. The molecule has 3 atom stereocenters. The molecule has 0 amide bonds. The van der Waals surface area contributed by atoms with E-state index in [0.29, 0.717) is 19.3 Å². The highest BCUT2D eigenvalue weighted by molar-refractivity contribution is 8.01. The van der Waals surface area contributed by atoms with Crippen molar-refractivity contribution in [3.63, 3.8) is 0 Å². The third kappa shape index (κ3) is 4.78. The Morgan fingerprint density at radius 1 is 1.24 bits per heavy atom. The number of benzene rings is 1. The van der Waals surface area contributed by atoms with E-state index >= 15 is 0 Å². The van der Waals surface area contributed by atoms with Crippen LogP contribution in [0, 0.1) is 5.92 Å². The number of hydrogen-bond donors (Lipinski definition) is 1. The molecule has 0 radical (unpaired) electrons. The Hall–Kier alpha value is -2.05. The van der Waals surface area contributed by atoms with Crippen molar-refractivity contribution in [1.82, 2.24) is 0 Å². The molecule has 2 aliphatic rings. The summed E-state index contributed by atoms with van der Waals surface area (Å²) in [5.74, 6) is -0.495. The van der Waals surface area contributed by atoms with E-state index in [2.05, 4.69) is 32.9 Å². The number of ketones is 1. The first-order chi connectivity index (χ1) is 15.5. The number of rotatable bonds is 6. The van der Waals surface area contributed by atoms with Gasteiger partial charge in [0.2, 0.25) is 0 Å². The van der Waals surface area contributed by atoms with Crippen LogP contribution in [0.3, 0.4) is 0 Å². The minimum absolute atomic E-state index is 0.0230. The molecule has 0 bridgehead atoms. The molecule has 3 unspecified atom stereocenters. The largest absolute Gasteiger partial charge is 0.472 e. The first kappa shape index (κ1) is 24.1. The molecule has 1 N–H and O–H groups in total. The van der Waals surface area contributed by atoms with Crippen LogP contribution in [0.15, 0.2) is 40.0 Å². The zero-order valence-electron chi connectivity index (χ0n) is 20.1. The second-order valence-corrected chi connectivity index (χ2v) is 11.9. The molecule has 1 aromatic carbocycles. The van der Waals surface area contributed by atoms with Crippen LogP contribution in [-0.2, 0) is 32.6 Å². The van der Waals surface area contributed by atoms with Crippen molar-refractivity contribution < 1.29 is 23.8 Å². The predicted molar refractivity (Wildman–Crippen MR) is 128 cm³/mol. The third-order valence-electron chi connectivity index (χ3n) is 7.09. The molecule has 1 saturated heterocycles. The maximum atomic E-state index is 13.4. The summed E-state index contributed by atoms with van der Waals surface area (Å²) in [5.41, 5.74) is 3.18. The maximum Gasteiger partial charge on any atom is 0.327 e. The molecule has 0 saturated carbocycles. The zero-order chi connectivity index (χ0) is 24.0. The number of carbonyl (C=O) groups excluding carboxylic acids is 2. The number of aliphatic hydroxyl groups is 1. The number of furan rings is 1. The first-order valence-corrected chi connectivity index (χ1v) is 12.7. The Bertz CT molecular complexity index is 1010. The van der Waals surface area contributed by atoms with Gasteiger partial charge >= 0.3 is 5.97 Å². The van der Waals surface area contributed by atoms with E-state index in [0.717, 1.165) is 33.6 Å². The molecule has 1 fully saturated rings. The molecule has 0 spiro atoms. The molecule has 33 heavy (non-hydrogen) atoms. The van der Waals surface area contributed by atoms with Gasteiger partial charge in [-0.1, -0.05) is 40.7 Å². The van der Waals surface area contributed by atoms with Crippen LogP contribution in [-0.4, -0.2) is 27.7 Å². The Balaban J connectivity index is 1.58. The Kier molecular flexibility index (Phi) is 6.53. The topological polar surface area (TPSA) is 76.7 Å². The molecule has 6 heteroatoms. The van der Waals surface area contributed by atoms with Crippen LogP contribution >= 0.6 is 11.8 Å². The van der Waals surface area contributed by atoms with Crippen molar-refractivity contribution in [1.29, 1.82) is 0 Å². The number of cyclic esters (lactones) is 1. The number of aryl methyl sites for hydroxylation is 2. The monoisotopic (exact) mass is 470 g/mol. The number of carbonyl (C=O) groups is 2. The van der Waals surface area contributed by atoms with Gasteiger partial charge in [-0.25, -0.2) is 0 Å². The standard InChI is InChI=1S/C27H34O5S/c1-16(2)27(10-8-17-9-11-31-15-17)14-22(29)24(25(30)32-27)33-23-12-18-6-7-21(28)19(18)13-20(23)26(3,4)5/h9,11-13,15-16,21,24,28H,6-8,10,14H2,1-5H3. The summed E-state index contributed by atoms with van der Waals surface area (Å²) < 4.78 is 11.2. The molecule has 4 rings (SSSR count). The highest BCUT2D eigenvalue weighted by Gasteiger charge is 2.49. The van der Waals surface area contributed by atoms with E-state index in [1.54, 1.807) is 12.5 Å². The molecule has 178 valence electrons. The predicted octanol–water partition coefficient (Wildman–Crippen LogP) is 5.56. The van der Waals surface area contributed by atoms with Gasteiger partial charge in [-0.2, -0.15) is 0 Å². The van der Waals surface area contributed by atoms with Gasteiger partial charge in [0, 0.05) is 11.3 Å². The fourth-order valence-electron chi connectivity index (χ4n) is 4.89. The van der Waals surface area contributed by atoms with Gasteiger partial charge in [0.15, 0.2) is 11.0 Å². The summed E-state index contributed by atoms with van der Waals surface area (Å²) in [7, 11) is 0. The van der Waals surface area contributed by atoms with Crippen LogP contribution in [0.5, 0.6) is 0 Å². The molecule has 1 aliphatic heterocycles. The van der Waals surface area contributed by atoms with Gasteiger partial charge in [-0.05, 0) is 71.4 Å². The normalized spacial score (nSPS) is 25.4. The highest BCUT2D eigenvalue weighted by Crippen LogP contribution is 2.44. The van der Waals surface area contributed by atoms with Crippen molar-refractivity contribution in [2.24, 2.45) is 5.92 Å². The van der Waals surface area contributed by atoms with E-state index < -0.39 is 22.9 Å². The van der Waals surface area contributed by atoms with Gasteiger partial charge in [0.05, 0.1) is 18.6 Å². The lowest BCUT2D eigenvalue weighted by atomic mass is 9.78. The number of thioether (sulfide) groups is 1. The van der Waals surface area contributed by atoms with Gasteiger partial charge in [0.1, 0.15) is 5.60 Å². The average molecular weight is 471 g/mol. The minimum Gasteiger partial charge on any atom is -0.472 e. The lowest BCUT2D eigenvalue weighted by Gasteiger charge is -2.41. The van der Waals surface area contributed by atoms with Crippen molar-refractivity contribution in [2.45, 2.75) is 94.0 Å². The highest BCUT2D eigenvalue weighted by atomic mass is 32.2. The quantitative estimate of drug-likeness (QED) is 0.440. The van der Waals surface area contributed by atoms with Gasteiger partial charge < -0.3 is 14.3 Å². The van der Waals surface area contributed by atoms with Gasteiger partial charge in [0.25, 0.3) is 0 Å². The fourth-order valence-corrected chi connectivity index (χ4v) is 6.20. The third-order valence-corrected chi connectivity index (χ3v) is 8.38. The number of ether oxygens (including phenoxy) is 1. The van der Waals surface area contributed by atoms with Crippen LogP contribution < -0.4 is 0 Å². The lowest BCUT2D eigenvalue weighted by Crippen LogP contribution is -2.52. The minimum atomic E-state index is -0.865. The molecule has 2 aromatic rings. The van der Waals surface area contributed by atoms with Crippen LogP contribution in [0.25, 0.3) is 0 Å². The van der Waals surface area contributed by atoms with Crippen molar-refractivity contribution in [2.75, 3.05) is 0 Å². The molecule has 1 aliphatic carbocycles. The van der Waals surface area contributed by atoms with E-state index in [-0.39, 0.29) is 23.5 Å². The van der Waals surface area contributed by atoms with Crippen molar-refractivity contribution in [3.05, 3.63) is 53.0 Å². The van der Waals surface area contributed by atoms with Crippen LogP contribution in [0.1, 0.15) is 82.2 Å². The van der Waals surface area contributed by atoms with E-state index in [4.69, 9.17) is 9.15 Å². The number of aliphatic hydroxyl groups excluding tert-OH is 1. The van der Waals surface area contributed by atoms with Crippen LogP contribution in [0.4, 0.5) is 0 Å². The Labute approximate surface area is 200 Å². The molecular weight excluding hydrogens is 436 g/mol. The van der Waals surface area contributed by atoms with E-state index in [9.17, 15) is 14.7 Å². The smallest absolute Gasteiger partial charge is 0.327 e. The summed E-state index contributed by atoms with van der Waals surface area (Å²) >= 11 is 1.31. The SMILES string of the molecule is CC(C)C1(CCc2ccoc2)CC(=O)C(Sc2cc3c(cc2C(C)(C)C)C(O)CC3)C(=O)O1. The Morgan fingerprint density at radius 2 is 2.00 bits per heavy atom. The second kappa shape index (κ2) is 8.95. The molecular formula is C27H34O5S. The first-order valence-electron chi connectivity index (χ1n) is 11.8. The Morgan fingerprint density at radius 3 is 2.61 bits per heavy atom. The average Bonchev–Trinajstić information content (AvgIpc) is 3.37. The molecule has 1 aromatic heterocycles. The number of hydrogen-bond acceptors (Lipinski definition) is 6. The summed E-state index contributed by atoms with van der Waals surface area (Å²) in [6.07, 6.45) is 5.90. The van der Waals surface area contributed by atoms with Crippen LogP contribution in [0.2, 0.25) is 0 Å². The van der Waals surface area contributed by atoms with Crippen molar-refractivity contribution >= 4 is 23.5 Å².